The Morgan fingerprint density at radius 3 is 2.62 bits per heavy atom. The minimum atomic E-state index is 0.437. The minimum Gasteiger partial charge on any atom is -0.497 e. The molecule has 2 nitrogen and oxygen atoms in total. The molecule has 0 heterocycles. The van der Waals surface area contributed by atoms with Gasteiger partial charge in [-0.2, -0.15) is 0 Å². The van der Waals surface area contributed by atoms with Gasteiger partial charge in [-0.05, 0) is 17.7 Å². The highest BCUT2D eigenvalue weighted by Gasteiger charge is 1.94. The van der Waals surface area contributed by atoms with Gasteiger partial charge in [-0.15, -0.1) is 11.8 Å². The molecule has 0 atom stereocenters. The van der Waals surface area contributed by atoms with Crippen LogP contribution in [-0.4, -0.2) is 19.1 Å². The number of benzene rings is 1. The number of carbonyl (C=O) groups excluding carboxylic acids is 1. The summed E-state index contributed by atoms with van der Waals surface area (Å²) >= 11 is 1.56. The molecule has 0 aromatic heterocycles. The summed E-state index contributed by atoms with van der Waals surface area (Å²) in [6.07, 6.45) is 1.85. The van der Waals surface area contributed by atoms with Crippen molar-refractivity contribution < 1.29 is 9.53 Å². The highest BCUT2D eigenvalue weighted by atomic mass is 32.2. The van der Waals surface area contributed by atoms with Crippen LogP contribution in [0.25, 0.3) is 0 Å². The van der Waals surface area contributed by atoms with Gasteiger partial charge in [0.2, 0.25) is 6.29 Å². The average Bonchev–Trinajstić information content (AvgIpc) is 2.19. The van der Waals surface area contributed by atoms with Crippen molar-refractivity contribution in [3.63, 3.8) is 0 Å². The van der Waals surface area contributed by atoms with Gasteiger partial charge in [0, 0.05) is 5.75 Å². The summed E-state index contributed by atoms with van der Waals surface area (Å²) in [6.45, 7) is 0. The summed E-state index contributed by atoms with van der Waals surface area (Å²) in [5.41, 5.74) is 1.20. The summed E-state index contributed by atoms with van der Waals surface area (Å²) in [6, 6.07) is 7.83. The molecule has 13 heavy (non-hydrogen) atoms. The first-order valence-electron chi connectivity index (χ1n) is 3.92. The SMILES string of the molecule is COc1ccc(CSC[C]=O)cc1. The normalized spacial score (nSPS) is 9.62. The van der Waals surface area contributed by atoms with Crippen LogP contribution in [0.4, 0.5) is 0 Å². The Labute approximate surface area is 82.3 Å². The predicted octanol–water partition coefficient (Wildman–Crippen LogP) is 2.04. The van der Waals surface area contributed by atoms with Crippen LogP contribution in [0.2, 0.25) is 0 Å². The number of hydrogen-bond donors (Lipinski definition) is 0. The van der Waals surface area contributed by atoms with Crippen molar-refractivity contribution in [3.05, 3.63) is 29.8 Å². The molecule has 0 unspecified atom stereocenters. The predicted molar refractivity (Wildman–Crippen MR) is 54.8 cm³/mol. The Morgan fingerprint density at radius 1 is 1.38 bits per heavy atom. The Kier molecular flexibility index (Phi) is 4.40. The molecule has 0 bridgehead atoms. The Morgan fingerprint density at radius 2 is 2.08 bits per heavy atom. The number of rotatable bonds is 5. The topological polar surface area (TPSA) is 26.3 Å². The highest BCUT2D eigenvalue weighted by molar-refractivity contribution is 7.99. The highest BCUT2D eigenvalue weighted by Crippen LogP contribution is 2.15. The van der Waals surface area contributed by atoms with Crippen LogP contribution in [0.3, 0.4) is 0 Å². The number of hydrogen-bond acceptors (Lipinski definition) is 3. The lowest BCUT2D eigenvalue weighted by Crippen LogP contribution is -1.85. The average molecular weight is 195 g/mol. The van der Waals surface area contributed by atoms with Crippen molar-refractivity contribution in [3.8, 4) is 5.75 Å². The van der Waals surface area contributed by atoms with E-state index in [9.17, 15) is 4.79 Å². The fourth-order valence-electron chi connectivity index (χ4n) is 0.932. The van der Waals surface area contributed by atoms with E-state index in [0.717, 1.165) is 11.5 Å². The Balaban J connectivity index is 2.44. The van der Waals surface area contributed by atoms with E-state index in [1.165, 1.54) is 5.56 Å². The van der Waals surface area contributed by atoms with Crippen LogP contribution in [0, 0.1) is 0 Å². The van der Waals surface area contributed by atoms with E-state index in [0.29, 0.717) is 5.75 Å². The van der Waals surface area contributed by atoms with Crippen molar-refractivity contribution in [2.75, 3.05) is 12.9 Å². The fraction of sp³-hybridized carbons (Fsp3) is 0.300. The van der Waals surface area contributed by atoms with Gasteiger partial charge in [-0.25, -0.2) is 0 Å². The molecule has 0 saturated carbocycles. The van der Waals surface area contributed by atoms with Gasteiger partial charge >= 0.3 is 0 Å². The molecule has 1 radical (unpaired) electrons. The zero-order valence-electron chi connectivity index (χ0n) is 7.45. The molecular formula is C10H11O2S. The van der Waals surface area contributed by atoms with Crippen LogP contribution in [-0.2, 0) is 10.5 Å². The van der Waals surface area contributed by atoms with Crippen LogP contribution in [0.1, 0.15) is 5.56 Å². The molecule has 1 aromatic rings. The van der Waals surface area contributed by atoms with Gasteiger partial charge < -0.3 is 4.74 Å². The quantitative estimate of drug-likeness (QED) is 0.672. The van der Waals surface area contributed by atoms with Crippen molar-refractivity contribution >= 4 is 18.0 Å². The van der Waals surface area contributed by atoms with Gasteiger partial charge in [-0.3, -0.25) is 4.79 Å². The van der Waals surface area contributed by atoms with E-state index < -0.39 is 0 Å². The zero-order valence-corrected chi connectivity index (χ0v) is 8.26. The number of thioether (sulfide) groups is 1. The first-order valence-corrected chi connectivity index (χ1v) is 5.08. The lowest BCUT2D eigenvalue weighted by molar-refractivity contribution is 0.414. The van der Waals surface area contributed by atoms with Gasteiger partial charge in [0.1, 0.15) is 5.75 Å². The molecule has 0 spiro atoms. The van der Waals surface area contributed by atoms with Gasteiger partial charge in [0.25, 0.3) is 0 Å². The van der Waals surface area contributed by atoms with E-state index in [1.54, 1.807) is 18.9 Å². The van der Waals surface area contributed by atoms with E-state index in [1.807, 2.05) is 30.6 Å². The van der Waals surface area contributed by atoms with Crippen molar-refractivity contribution in [1.29, 1.82) is 0 Å². The minimum absolute atomic E-state index is 0.437. The Bertz CT molecular complexity index is 256. The summed E-state index contributed by atoms with van der Waals surface area (Å²) in [4.78, 5) is 9.93. The molecule has 0 saturated heterocycles. The summed E-state index contributed by atoms with van der Waals surface area (Å²) < 4.78 is 5.03. The molecule has 0 amide bonds. The van der Waals surface area contributed by atoms with Gasteiger partial charge in [-0.1, -0.05) is 12.1 Å². The third kappa shape index (κ3) is 3.51. The van der Waals surface area contributed by atoms with E-state index >= 15 is 0 Å². The number of methoxy groups -OCH3 is 1. The van der Waals surface area contributed by atoms with Crippen molar-refractivity contribution in [2.45, 2.75) is 5.75 Å². The van der Waals surface area contributed by atoms with Crippen LogP contribution in [0.15, 0.2) is 24.3 Å². The second-order valence-corrected chi connectivity index (χ2v) is 3.47. The molecule has 3 heteroatoms. The van der Waals surface area contributed by atoms with Crippen LogP contribution >= 0.6 is 11.8 Å². The van der Waals surface area contributed by atoms with Gasteiger partial charge in [0.05, 0.1) is 12.9 Å². The molecule has 0 aliphatic heterocycles. The number of ether oxygens (including phenoxy) is 1. The second-order valence-electron chi connectivity index (χ2n) is 2.49. The summed E-state index contributed by atoms with van der Waals surface area (Å²) in [7, 11) is 1.64. The first kappa shape index (κ1) is 10.1. The molecule has 69 valence electrons. The smallest absolute Gasteiger partial charge is 0.209 e. The standard InChI is InChI=1S/C10H11O2S/c1-12-10-4-2-9(3-5-10)8-13-7-6-11/h2-5H,7-8H2,1H3. The third-order valence-electron chi connectivity index (χ3n) is 1.59. The molecule has 0 fully saturated rings. The molecule has 0 aliphatic rings. The maximum atomic E-state index is 9.93. The molecule has 0 aliphatic carbocycles. The maximum absolute atomic E-state index is 9.93. The van der Waals surface area contributed by atoms with Crippen LogP contribution < -0.4 is 4.74 Å². The molecule has 1 aromatic carbocycles. The summed E-state index contributed by atoms with van der Waals surface area (Å²) in [5.74, 6) is 2.14. The molecule has 0 N–H and O–H groups in total. The summed E-state index contributed by atoms with van der Waals surface area (Å²) in [5, 5.41) is 0. The fourth-order valence-corrected chi connectivity index (χ4v) is 1.55. The van der Waals surface area contributed by atoms with Crippen molar-refractivity contribution in [2.24, 2.45) is 0 Å². The third-order valence-corrected chi connectivity index (χ3v) is 2.45. The molecular weight excluding hydrogens is 184 g/mol. The van der Waals surface area contributed by atoms with E-state index in [-0.39, 0.29) is 0 Å². The lowest BCUT2D eigenvalue weighted by atomic mass is 10.2. The first-order chi connectivity index (χ1) is 6.36. The molecule has 1 rings (SSSR count). The lowest BCUT2D eigenvalue weighted by Gasteiger charge is -2.01. The van der Waals surface area contributed by atoms with E-state index in [2.05, 4.69) is 0 Å². The Hall–Kier alpha value is -0.960. The second kappa shape index (κ2) is 5.65. The van der Waals surface area contributed by atoms with Gasteiger partial charge in [0.15, 0.2) is 0 Å². The van der Waals surface area contributed by atoms with Crippen molar-refractivity contribution in [1.82, 2.24) is 0 Å². The monoisotopic (exact) mass is 195 g/mol. The zero-order chi connectivity index (χ0) is 9.52. The van der Waals surface area contributed by atoms with Crippen LogP contribution in [0.5, 0.6) is 5.75 Å². The van der Waals surface area contributed by atoms with E-state index in [4.69, 9.17) is 4.74 Å². The largest absolute Gasteiger partial charge is 0.497 e. The maximum Gasteiger partial charge on any atom is 0.209 e.